The molecule has 5 nitrogen and oxygen atoms in total. The fourth-order valence-corrected chi connectivity index (χ4v) is 3.89. The number of pyridine rings is 1. The van der Waals surface area contributed by atoms with Gasteiger partial charge in [0, 0.05) is 49.7 Å². The van der Waals surface area contributed by atoms with Crippen LogP contribution in [0.1, 0.15) is 30.6 Å². The zero-order chi connectivity index (χ0) is 17.5. The summed E-state index contributed by atoms with van der Waals surface area (Å²) in [6.07, 6.45) is 4.05. The molecule has 3 heterocycles. The Morgan fingerprint density at radius 1 is 1.31 bits per heavy atom. The van der Waals surface area contributed by atoms with Crippen LogP contribution in [0.4, 0.5) is 5.82 Å². The first-order valence-corrected chi connectivity index (χ1v) is 9.81. The van der Waals surface area contributed by atoms with Crippen molar-refractivity contribution >= 4 is 47.1 Å². The minimum Gasteiger partial charge on any atom is -0.356 e. The Kier molecular flexibility index (Phi) is 8.64. The van der Waals surface area contributed by atoms with Crippen LogP contribution < -0.4 is 15.5 Å². The Hall–Kier alpha value is -1.35. The van der Waals surface area contributed by atoms with Gasteiger partial charge in [-0.15, -0.1) is 35.3 Å². The molecule has 0 aromatic carbocycles. The highest BCUT2D eigenvalue weighted by atomic mass is 127. The van der Waals surface area contributed by atoms with Gasteiger partial charge in [0.15, 0.2) is 5.96 Å². The number of hydrogen-bond acceptors (Lipinski definition) is 4. The monoisotopic (exact) mass is 485 g/mol. The number of nitrogens with zero attached hydrogens (tertiary/aromatic N) is 3. The van der Waals surface area contributed by atoms with Crippen LogP contribution in [0.15, 0.2) is 46.9 Å². The third-order valence-electron chi connectivity index (χ3n) is 4.64. The van der Waals surface area contributed by atoms with Crippen LogP contribution >= 0.6 is 35.3 Å². The van der Waals surface area contributed by atoms with E-state index in [2.05, 4.69) is 56.0 Å². The van der Waals surface area contributed by atoms with Crippen molar-refractivity contribution in [3.8, 4) is 0 Å². The lowest BCUT2D eigenvalue weighted by atomic mass is 10.1. The van der Waals surface area contributed by atoms with Gasteiger partial charge in [0.25, 0.3) is 0 Å². The molecule has 1 unspecified atom stereocenters. The summed E-state index contributed by atoms with van der Waals surface area (Å²) >= 11 is 1.81. The van der Waals surface area contributed by atoms with Crippen molar-refractivity contribution in [2.75, 3.05) is 31.6 Å². The summed E-state index contributed by atoms with van der Waals surface area (Å²) in [5, 5.41) is 9.17. The van der Waals surface area contributed by atoms with Gasteiger partial charge in [-0.2, -0.15) is 0 Å². The van der Waals surface area contributed by atoms with Crippen molar-refractivity contribution in [1.82, 2.24) is 15.6 Å². The highest BCUT2D eigenvalue weighted by Gasteiger charge is 2.20. The van der Waals surface area contributed by atoms with Crippen LogP contribution in [-0.2, 0) is 0 Å². The summed E-state index contributed by atoms with van der Waals surface area (Å²) in [6.45, 7) is 5.19. The predicted octanol–water partition coefficient (Wildman–Crippen LogP) is 3.70. The molecule has 142 valence electrons. The second-order valence-electron chi connectivity index (χ2n) is 6.46. The first-order chi connectivity index (χ1) is 12.3. The molecule has 2 aromatic heterocycles. The maximum Gasteiger partial charge on any atom is 0.191 e. The number of piperidine rings is 1. The number of guanidine groups is 1. The van der Waals surface area contributed by atoms with Gasteiger partial charge in [0.1, 0.15) is 5.82 Å². The zero-order valence-corrected chi connectivity index (χ0v) is 18.5. The molecule has 1 atom stereocenters. The van der Waals surface area contributed by atoms with Gasteiger partial charge < -0.3 is 15.5 Å². The van der Waals surface area contributed by atoms with E-state index in [9.17, 15) is 0 Å². The van der Waals surface area contributed by atoms with Crippen molar-refractivity contribution < 1.29 is 0 Å². The molecule has 0 spiro atoms. The van der Waals surface area contributed by atoms with E-state index in [-0.39, 0.29) is 24.0 Å². The minimum absolute atomic E-state index is 0. The summed E-state index contributed by atoms with van der Waals surface area (Å²) in [6, 6.07) is 10.9. The van der Waals surface area contributed by atoms with Crippen LogP contribution in [0.3, 0.4) is 0 Å². The molecule has 7 heteroatoms. The topological polar surface area (TPSA) is 52.6 Å². The second-order valence-corrected chi connectivity index (χ2v) is 7.44. The predicted molar refractivity (Wildman–Crippen MR) is 122 cm³/mol. The standard InChI is InChI=1S/C19H27N5S.HI/c1-15(17-6-5-13-25-17)14-22-19(20-2)23-16-8-11-24(12-9-16)18-7-3-4-10-21-18;/h3-7,10,13,15-16H,8-9,11-12,14H2,1-2H3,(H2,20,22,23);1H. The average Bonchev–Trinajstić information content (AvgIpc) is 3.21. The summed E-state index contributed by atoms with van der Waals surface area (Å²) in [7, 11) is 1.84. The van der Waals surface area contributed by atoms with E-state index >= 15 is 0 Å². The van der Waals surface area contributed by atoms with Gasteiger partial charge in [-0.05, 0) is 36.4 Å². The van der Waals surface area contributed by atoms with Crippen LogP contribution in [0, 0.1) is 0 Å². The Balaban J connectivity index is 0.00000243. The smallest absolute Gasteiger partial charge is 0.191 e. The van der Waals surface area contributed by atoms with Gasteiger partial charge >= 0.3 is 0 Å². The fraction of sp³-hybridized carbons (Fsp3) is 0.474. The van der Waals surface area contributed by atoms with Crippen molar-refractivity contribution in [2.45, 2.75) is 31.7 Å². The highest BCUT2D eigenvalue weighted by molar-refractivity contribution is 14.0. The molecule has 1 fully saturated rings. The lowest BCUT2D eigenvalue weighted by Crippen LogP contribution is -2.49. The number of thiophene rings is 1. The number of hydrogen-bond donors (Lipinski definition) is 2. The van der Waals surface area contributed by atoms with E-state index in [1.54, 1.807) is 0 Å². The number of nitrogens with one attached hydrogen (secondary N) is 2. The third kappa shape index (κ3) is 5.84. The van der Waals surface area contributed by atoms with Gasteiger partial charge in [-0.25, -0.2) is 4.98 Å². The maximum atomic E-state index is 4.45. The molecule has 0 amide bonds. The Labute approximate surface area is 177 Å². The summed E-state index contributed by atoms with van der Waals surface area (Å²) in [5.41, 5.74) is 0. The molecule has 2 aromatic rings. The number of rotatable bonds is 5. The van der Waals surface area contributed by atoms with Crippen LogP contribution in [-0.4, -0.2) is 43.7 Å². The first kappa shape index (κ1) is 21.0. The van der Waals surface area contributed by atoms with Crippen molar-refractivity contribution in [1.29, 1.82) is 0 Å². The number of halogens is 1. The Bertz CT molecular complexity index is 654. The van der Waals surface area contributed by atoms with Gasteiger partial charge in [-0.1, -0.05) is 19.1 Å². The van der Waals surface area contributed by atoms with E-state index in [0.717, 1.165) is 44.3 Å². The van der Waals surface area contributed by atoms with Crippen molar-refractivity contribution in [2.24, 2.45) is 4.99 Å². The summed E-state index contributed by atoms with van der Waals surface area (Å²) in [4.78, 5) is 12.6. The molecule has 1 aliphatic rings. The zero-order valence-electron chi connectivity index (χ0n) is 15.4. The molecule has 0 bridgehead atoms. The SMILES string of the molecule is CN=C(NCC(C)c1cccs1)NC1CCN(c2ccccn2)CC1.I. The average molecular weight is 485 g/mol. The molecule has 3 rings (SSSR count). The van der Waals surface area contributed by atoms with E-state index in [1.165, 1.54) is 4.88 Å². The molecule has 0 saturated carbocycles. The minimum atomic E-state index is 0. The van der Waals surface area contributed by atoms with Crippen LogP contribution in [0.25, 0.3) is 0 Å². The molecular formula is C19H28IN5S. The van der Waals surface area contributed by atoms with Gasteiger partial charge in [0.2, 0.25) is 0 Å². The highest BCUT2D eigenvalue weighted by Crippen LogP contribution is 2.20. The molecule has 0 aliphatic carbocycles. The number of aromatic nitrogens is 1. The van der Waals surface area contributed by atoms with E-state index < -0.39 is 0 Å². The lowest BCUT2D eigenvalue weighted by Gasteiger charge is -2.33. The van der Waals surface area contributed by atoms with Gasteiger partial charge in [0.05, 0.1) is 0 Å². The Morgan fingerprint density at radius 2 is 2.12 bits per heavy atom. The lowest BCUT2D eigenvalue weighted by molar-refractivity contribution is 0.459. The second kappa shape index (κ2) is 10.7. The largest absolute Gasteiger partial charge is 0.356 e. The number of aliphatic imine (C=N–C) groups is 1. The van der Waals surface area contributed by atoms with Crippen LogP contribution in [0.5, 0.6) is 0 Å². The quantitative estimate of drug-likeness (QED) is 0.386. The third-order valence-corrected chi connectivity index (χ3v) is 5.74. The van der Waals surface area contributed by atoms with Gasteiger partial charge in [-0.3, -0.25) is 4.99 Å². The Morgan fingerprint density at radius 3 is 2.73 bits per heavy atom. The van der Waals surface area contributed by atoms with E-state index in [4.69, 9.17) is 0 Å². The molecule has 1 aliphatic heterocycles. The first-order valence-electron chi connectivity index (χ1n) is 8.93. The summed E-state index contributed by atoms with van der Waals surface area (Å²) in [5.74, 6) is 2.47. The van der Waals surface area contributed by atoms with E-state index in [1.807, 2.05) is 36.7 Å². The maximum absolute atomic E-state index is 4.45. The molecule has 0 radical (unpaired) electrons. The van der Waals surface area contributed by atoms with Crippen LogP contribution in [0.2, 0.25) is 0 Å². The molecule has 26 heavy (non-hydrogen) atoms. The fourth-order valence-electron chi connectivity index (χ4n) is 3.10. The normalized spacial score (nSPS) is 16.7. The van der Waals surface area contributed by atoms with E-state index in [0.29, 0.717) is 12.0 Å². The van der Waals surface area contributed by atoms with Crippen molar-refractivity contribution in [3.63, 3.8) is 0 Å². The molecule has 2 N–H and O–H groups in total. The molecular weight excluding hydrogens is 457 g/mol. The number of anilines is 1. The van der Waals surface area contributed by atoms with Crippen molar-refractivity contribution in [3.05, 3.63) is 46.8 Å². The summed E-state index contributed by atoms with van der Waals surface area (Å²) < 4.78 is 0. The molecule has 1 saturated heterocycles.